The van der Waals surface area contributed by atoms with Gasteiger partial charge in [-0.3, -0.25) is 24.0 Å². The Bertz CT molecular complexity index is 2190. The second-order valence-corrected chi connectivity index (χ2v) is 15.8. The first kappa shape index (κ1) is 38.6. The Balaban J connectivity index is 0.841. The Kier molecular flexibility index (Phi) is 11.7. The van der Waals surface area contributed by atoms with Gasteiger partial charge in [-0.05, 0) is 92.5 Å². The summed E-state index contributed by atoms with van der Waals surface area (Å²) < 4.78 is 0. The molecule has 58 heavy (non-hydrogen) atoms. The lowest BCUT2D eigenvalue weighted by atomic mass is 10.0. The summed E-state index contributed by atoms with van der Waals surface area (Å²) in [7, 11) is 0. The van der Waals surface area contributed by atoms with E-state index in [1.54, 1.807) is 11.1 Å². The number of aromatic nitrogens is 2. The number of amides is 5. The molecular formula is C46H49N7O5. The lowest BCUT2D eigenvalue weighted by molar-refractivity contribution is -0.141. The minimum Gasteiger partial charge on any atom is -0.354 e. The summed E-state index contributed by atoms with van der Waals surface area (Å²) in [4.78, 5) is 78.0. The third kappa shape index (κ3) is 9.15. The van der Waals surface area contributed by atoms with Crippen LogP contribution in [-0.4, -0.2) is 75.0 Å². The molecule has 1 aromatic heterocycles. The fourth-order valence-corrected chi connectivity index (χ4v) is 7.94. The van der Waals surface area contributed by atoms with E-state index in [4.69, 9.17) is 0 Å². The van der Waals surface area contributed by atoms with E-state index >= 15 is 0 Å². The Hall–Kier alpha value is -6.22. The lowest BCUT2D eigenvalue weighted by Crippen LogP contribution is -2.50. The molecule has 4 N–H and O–H groups in total. The van der Waals surface area contributed by atoms with Gasteiger partial charge in [0, 0.05) is 37.0 Å². The highest BCUT2D eigenvalue weighted by Gasteiger charge is 2.41. The molecule has 3 aromatic carbocycles. The molecule has 2 aliphatic carbocycles. The number of nitrogens with one attached hydrogen (secondary N) is 4. The number of aromatic amines is 1. The predicted molar refractivity (Wildman–Crippen MR) is 216 cm³/mol. The first-order valence-corrected chi connectivity index (χ1v) is 20.6. The summed E-state index contributed by atoms with van der Waals surface area (Å²) in [5.74, 6) is 6.23. The molecule has 4 unspecified atom stereocenters. The molecule has 3 heterocycles. The normalized spacial score (nSPS) is 19.7. The average molecular weight is 780 g/mol. The molecule has 4 aromatic rings. The van der Waals surface area contributed by atoms with Crippen molar-refractivity contribution in [3.63, 3.8) is 0 Å². The van der Waals surface area contributed by atoms with Crippen LogP contribution < -0.4 is 16.0 Å². The zero-order chi connectivity index (χ0) is 40.0. The number of carbonyl (C=O) groups excluding carboxylic acids is 5. The zero-order valence-electron chi connectivity index (χ0n) is 32.5. The number of carbonyl (C=O) groups is 5. The molecule has 5 amide bonds. The summed E-state index contributed by atoms with van der Waals surface area (Å²) in [5, 5.41) is 9.00. The average Bonchev–Trinajstić information content (AvgIpc) is 4.13. The molecule has 4 aliphatic rings. The van der Waals surface area contributed by atoms with Crippen molar-refractivity contribution < 1.29 is 24.0 Å². The van der Waals surface area contributed by atoms with Crippen LogP contribution in [0.15, 0.2) is 91.1 Å². The third-order valence-electron chi connectivity index (χ3n) is 11.5. The number of H-pyrrole nitrogens is 1. The van der Waals surface area contributed by atoms with Crippen LogP contribution in [0.25, 0.3) is 0 Å². The van der Waals surface area contributed by atoms with Crippen LogP contribution in [0.3, 0.4) is 0 Å². The molecule has 4 atom stereocenters. The third-order valence-corrected chi connectivity index (χ3v) is 11.5. The minimum absolute atomic E-state index is 0.00896. The van der Waals surface area contributed by atoms with Crippen LogP contribution in [0.4, 0.5) is 0 Å². The summed E-state index contributed by atoms with van der Waals surface area (Å²) >= 11 is 0. The number of hydrogen-bond acceptors (Lipinski definition) is 6. The molecule has 4 fully saturated rings. The maximum atomic E-state index is 14.0. The fraction of sp³-hybridized carbons (Fsp3) is 0.391. The first-order chi connectivity index (χ1) is 28.3. The van der Waals surface area contributed by atoms with Crippen LogP contribution in [0.1, 0.15) is 103 Å². The van der Waals surface area contributed by atoms with Gasteiger partial charge >= 0.3 is 0 Å². The summed E-state index contributed by atoms with van der Waals surface area (Å²) in [6, 6.07) is 24.1. The van der Waals surface area contributed by atoms with Gasteiger partial charge in [0.2, 0.25) is 29.5 Å². The Morgan fingerprint density at radius 2 is 1.24 bits per heavy atom. The fourth-order valence-electron chi connectivity index (χ4n) is 7.94. The van der Waals surface area contributed by atoms with Crippen LogP contribution in [0, 0.1) is 23.7 Å². The molecule has 8 rings (SSSR count). The molecule has 298 valence electrons. The monoisotopic (exact) mass is 779 g/mol. The summed E-state index contributed by atoms with van der Waals surface area (Å²) in [6.07, 6.45) is 8.59. The minimum atomic E-state index is -0.820. The number of hydrogen-bond donors (Lipinski definition) is 4. The van der Waals surface area contributed by atoms with E-state index in [1.165, 1.54) is 0 Å². The second kappa shape index (κ2) is 17.5. The van der Waals surface area contributed by atoms with Gasteiger partial charge in [-0.15, -0.1) is 0 Å². The molecular weight excluding hydrogens is 731 g/mol. The quantitative estimate of drug-likeness (QED) is 0.145. The molecule has 2 saturated carbocycles. The van der Waals surface area contributed by atoms with E-state index in [0.29, 0.717) is 49.6 Å². The molecule has 12 nitrogen and oxygen atoms in total. The van der Waals surface area contributed by atoms with Gasteiger partial charge in [-0.2, -0.15) is 0 Å². The van der Waals surface area contributed by atoms with E-state index in [2.05, 4.69) is 37.8 Å². The van der Waals surface area contributed by atoms with Gasteiger partial charge in [0.25, 0.3) is 0 Å². The highest BCUT2D eigenvalue weighted by Crippen LogP contribution is 2.35. The second-order valence-electron chi connectivity index (χ2n) is 15.8. The number of benzene rings is 3. The largest absolute Gasteiger partial charge is 0.354 e. The molecule has 12 heteroatoms. The van der Waals surface area contributed by atoms with Crippen LogP contribution in [0.5, 0.6) is 0 Å². The van der Waals surface area contributed by atoms with Crippen molar-refractivity contribution in [2.24, 2.45) is 11.8 Å². The smallest absolute Gasteiger partial charge is 0.250 e. The number of rotatable bonds is 13. The molecule has 0 radical (unpaired) electrons. The van der Waals surface area contributed by atoms with Crippen molar-refractivity contribution in [3.05, 3.63) is 125 Å². The van der Waals surface area contributed by atoms with E-state index in [9.17, 15) is 24.0 Å². The Morgan fingerprint density at radius 1 is 0.672 bits per heavy atom. The van der Waals surface area contributed by atoms with Crippen LogP contribution >= 0.6 is 0 Å². The molecule has 2 saturated heterocycles. The van der Waals surface area contributed by atoms with E-state index < -0.39 is 18.1 Å². The van der Waals surface area contributed by atoms with Gasteiger partial charge in [0.15, 0.2) is 0 Å². The first-order valence-electron chi connectivity index (χ1n) is 20.6. The van der Waals surface area contributed by atoms with Crippen molar-refractivity contribution in [3.8, 4) is 11.8 Å². The SMILES string of the molecule is O=C(NC(C(=O)N1CCCC1C(=O)NCCc1ccc(C#Cc2cnc(C3CCCN3C(=O)C(NC(=O)C3CC3)c3ccccc3)[nH]2)cc1)c1ccccc1)C1CC1. The van der Waals surface area contributed by atoms with Gasteiger partial charge in [0.05, 0.1) is 12.2 Å². The Morgan fingerprint density at radius 3 is 1.84 bits per heavy atom. The van der Waals surface area contributed by atoms with Crippen molar-refractivity contribution in [1.82, 2.24) is 35.7 Å². The topological polar surface area (TPSA) is 157 Å². The lowest BCUT2D eigenvalue weighted by Gasteiger charge is -2.29. The van der Waals surface area contributed by atoms with Gasteiger partial charge < -0.3 is 30.7 Å². The highest BCUT2D eigenvalue weighted by atomic mass is 16.2. The van der Waals surface area contributed by atoms with Crippen molar-refractivity contribution >= 4 is 29.5 Å². The maximum absolute atomic E-state index is 14.0. The summed E-state index contributed by atoms with van der Waals surface area (Å²) in [6.45, 7) is 1.47. The van der Waals surface area contributed by atoms with E-state index in [1.807, 2.05) is 89.8 Å². The van der Waals surface area contributed by atoms with Gasteiger partial charge in [-0.1, -0.05) is 78.7 Å². The van der Waals surface area contributed by atoms with Gasteiger partial charge in [0.1, 0.15) is 29.6 Å². The molecule has 0 spiro atoms. The summed E-state index contributed by atoms with van der Waals surface area (Å²) in [5.41, 5.74) is 3.98. The van der Waals surface area contributed by atoms with E-state index in [0.717, 1.165) is 61.6 Å². The molecule has 0 bridgehead atoms. The van der Waals surface area contributed by atoms with Crippen molar-refractivity contribution in [2.45, 2.75) is 82.0 Å². The van der Waals surface area contributed by atoms with E-state index in [-0.39, 0.29) is 47.4 Å². The van der Waals surface area contributed by atoms with Crippen molar-refractivity contribution in [1.29, 1.82) is 0 Å². The van der Waals surface area contributed by atoms with Crippen molar-refractivity contribution in [2.75, 3.05) is 19.6 Å². The standard InChI is InChI=1S/C46H49N7O5/c54-42(34-20-21-34)50-39(32-9-3-1-4-10-32)45(57)52-27-7-13-37(52)41-48-29-36(49-41)24-19-30-15-17-31(18-16-30)25-26-47-44(56)38-14-8-28-53(38)46(58)40(33-11-5-2-6-12-33)51-43(55)35-22-23-35/h1-6,9-12,15-18,29,34-35,37-40H,7-8,13-14,20-23,25-28H2,(H,47,56)(H,48,49)(H,50,54)(H,51,55). The number of nitrogens with zero attached hydrogens (tertiary/aromatic N) is 3. The van der Waals surface area contributed by atoms with Gasteiger partial charge in [-0.25, -0.2) is 4.98 Å². The number of likely N-dealkylation sites (tertiary alicyclic amines) is 2. The van der Waals surface area contributed by atoms with Crippen LogP contribution in [-0.2, 0) is 30.4 Å². The van der Waals surface area contributed by atoms with Crippen LogP contribution in [0.2, 0.25) is 0 Å². The zero-order valence-corrected chi connectivity index (χ0v) is 32.5. The number of imidazole rings is 1. The maximum Gasteiger partial charge on any atom is 0.250 e. The highest BCUT2D eigenvalue weighted by molar-refractivity contribution is 5.94. The predicted octanol–water partition coefficient (Wildman–Crippen LogP) is 4.66. The molecule has 2 aliphatic heterocycles. The Labute approximate surface area is 338 Å².